The highest BCUT2D eigenvalue weighted by molar-refractivity contribution is 7.09. The highest BCUT2D eigenvalue weighted by Gasteiger charge is 2.05. The van der Waals surface area contributed by atoms with Crippen LogP contribution in [-0.4, -0.2) is 11.0 Å². The van der Waals surface area contributed by atoms with Crippen LogP contribution in [-0.2, 0) is 13.2 Å². The van der Waals surface area contributed by atoms with Crippen molar-refractivity contribution in [3.05, 3.63) is 45.4 Å². The van der Waals surface area contributed by atoms with E-state index in [-0.39, 0.29) is 0 Å². The quantitative estimate of drug-likeness (QED) is 0.877. The van der Waals surface area contributed by atoms with E-state index in [0.717, 1.165) is 28.6 Å². The van der Waals surface area contributed by atoms with Gasteiger partial charge in [0.25, 0.3) is 0 Å². The molecule has 4 heteroatoms. The van der Waals surface area contributed by atoms with E-state index in [1.807, 2.05) is 0 Å². The Morgan fingerprint density at radius 3 is 2.85 bits per heavy atom. The molecule has 20 heavy (non-hydrogen) atoms. The van der Waals surface area contributed by atoms with Crippen molar-refractivity contribution in [2.75, 3.05) is 0 Å². The molecule has 0 atom stereocenters. The van der Waals surface area contributed by atoms with Crippen molar-refractivity contribution in [2.45, 2.75) is 46.9 Å². The van der Waals surface area contributed by atoms with Crippen molar-refractivity contribution >= 4 is 11.3 Å². The van der Waals surface area contributed by atoms with Gasteiger partial charge in [-0.25, -0.2) is 4.98 Å². The number of benzene rings is 1. The second kappa shape index (κ2) is 6.86. The molecule has 0 spiro atoms. The van der Waals surface area contributed by atoms with Crippen LogP contribution in [0.3, 0.4) is 0 Å². The van der Waals surface area contributed by atoms with Gasteiger partial charge >= 0.3 is 0 Å². The summed E-state index contributed by atoms with van der Waals surface area (Å²) in [7, 11) is 0. The standard InChI is InChI=1S/C16H22N2OS/c1-11(2)17-8-16-18-14(10-20-16)9-19-15-7-12(3)5-6-13(15)4/h5-7,10-11,17H,8-9H2,1-4H3. The summed E-state index contributed by atoms with van der Waals surface area (Å²) in [6.45, 7) is 9.77. The normalized spacial score (nSPS) is 11.1. The van der Waals surface area contributed by atoms with Crippen LogP contribution in [0.4, 0.5) is 0 Å². The summed E-state index contributed by atoms with van der Waals surface area (Å²) in [6, 6.07) is 6.74. The molecule has 0 fully saturated rings. The topological polar surface area (TPSA) is 34.1 Å². The molecule has 1 aromatic carbocycles. The van der Waals surface area contributed by atoms with Gasteiger partial charge in [-0.1, -0.05) is 26.0 Å². The summed E-state index contributed by atoms with van der Waals surface area (Å²) >= 11 is 1.68. The number of ether oxygens (including phenoxy) is 1. The van der Waals surface area contributed by atoms with E-state index >= 15 is 0 Å². The smallest absolute Gasteiger partial charge is 0.131 e. The van der Waals surface area contributed by atoms with E-state index in [1.165, 1.54) is 5.56 Å². The van der Waals surface area contributed by atoms with Gasteiger partial charge in [-0.15, -0.1) is 11.3 Å². The molecular weight excluding hydrogens is 268 g/mol. The van der Waals surface area contributed by atoms with E-state index in [1.54, 1.807) is 11.3 Å². The summed E-state index contributed by atoms with van der Waals surface area (Å²) in [5.74, 6) is 0.944. The summed E-state index contributed by atoms with van der Waals surface area (Å²) in [5.41, 5.74) is 3.37. The van der Waals surface area contributed by atoms with Crippen molar-refractivity contribution in [3.63, 3.8) is 0 Å². The predicted octanol–water partition coefficient (Wildman–Crippen LogP) is 3.84. The van der Waals surface area contributed by atoms with Crippen molar-refractivity contribution in [2.24, 2.45) is 0 Å². The number of hydrogen-bond donors (Lipinski definition) is 1. The number of rotatable bonds is 6. The first-order chi connectivity index (χ1) is 9.54. The molecule has 0 aliphatic rings. The number of nitrogens with one attached hydrogen (secondary N) is 1. The largest absolute Gasteiger partial charge is 0.487 e. The lowest BCUT2D eigenvalue weighted by molar-refractivity contribution is 0.299. The summed E-state index contributed by atoms with van der Waals surface area (Å²) in [6.07, 6.45) is 0. The summed E-state index contributed by atoms with van der Waals surface area (Å²) in [4.78, 5) is 4.58. The van der Waals surface area contributed by atoms with E-state index in [9.17, 15) is 0 Å². The molecule has 0 radical (unpaired) electrons. The zero-order valence-electron chi connectivity index (χ0n) is 12.6. The maximum absolute atomic E-state index is 5.87. The van der Waals surface area contributed by atoms with Gasteiger partial charge < -0.3 is 10.1 Å². The van der Waals surface area contributed by atoms with Crippen molar-refractivity contribution in [1.82, 2.24) is 10.3 Å². The minimum absolute atomic E-state index is 0.480. The fraction of sp³-hybridized carbons (Fsp3) is 0.438. The lowest BCUT2D eigenvalue weighted by Gasteiger charge is -2.08. The van der Waals surface area contributed by atoms with E-state index in [2.05, 4.69) is 61.6 Å². The second-order valence-corrected chi connectivity index (χ2v) is 6.27. The van der Waals surface area contributed by atoms with Crippen LogP contribution in [0.5, 0.6) is 5.75 Å². The Bertz CT molecular complexity index is 563. The number of hydrogen-bond acceptors (Lipinski definition) is 4. The van der Waals surface area contributed by atoms with Crippen LogP contribution in [0.1, 0.15) is 35.7 Å². The Labute approximate surface area is 125 Å². The van der Waals surface area contributed by atoms with Crippen LogP contribution in [0.2, 0.25) is 0 Å². The molecular formula is C16H22N2OS. The van der Waals surface area contributed by atoms with Gasteiger partial charge in [0.15, 0.2) is 0 Å². The number of aryl methyl sites for hydroxylation is 2. The minimum atomic E-state index is 0.480. The van der Waals surface area contributed by atoms with Crippen LogP contribution in [0.15, 0.2) is 23.6 Å². The van der Waals surface area contributed by atoms with Crippen molar-refractivity contribution in [3.8, 4) is 5.75 Å². The molecule has 1 heterocycles. The van der Waals surface area contributed by atoms with E-state index < -0.39 is 0 Å². The Balaban J connectivity index is 1.92. The SMILES string of the molecule is Cc1ccc(C)c(OCc2csc(CNC(C)C)n2)c1. The molecule has 0 unspecified atom stereocenters. The highest BCUT2D eigenvalue weighted by atomic mass is 32.1. The zero-order chi connectivity index (χ0) is 14.5. The number of aromatic nitrogens is 1. The molecule has 0 aliphatic heterocycles. The molecule has 2 aromatic rings. The van der Waals surface area contributed by atoms with E-state index in [0.29, 0.717) is 12.6 Å². The fourth-order valence-corrected chi connectivity index (χ4v) is 2.53. The fourth-order valence-electron chi connectivity index (χ4n) is 1.80. The van der Waals surface area contributed by atoms with Gasteiger partial charge in [-0.3, -0.25) is 0 Å². The molecule has 0 aliphatic carbocycles. The Morgan fingerprint density at radius 1 is 1.30 bits per heavy atom. The lowest BCUT2D eigenvalue weighted by Crippen LogP contribution is -2.21. The molecule has 3 nitrogen and oxygen atoms in total. The first-order valence-corrected chi connectivity index (χ1v) is 7.79. The average molecular weight is 290 g/mol. The van der Waals surface area contributed by atoms with Gasteiger partial charge in [0.1, 0.15) is 17.4 Å². The molecule has 1 aromatic heterocycles. The summed E-state index contributed by atoms with van der Waals surface area (Å²) in [5, 5.41) is 6.55. The molecule has 2 rings (SSSR count). The van der Waals surface area contributed by atoms with E-state index in [4.69, 9.17) is 4.74 Å². The van der Waals surface area contributed by atoms with Crippen molar-refractivity contribution < 1.29 is 4.74 Å². The predicted molar refractivity (Wildman–Crippen MR) is 84.3 cm³/mol. The number of thiazole rings is 1. The van der Waals surface area contributed by atoms with Gasteiger partial charge in [0, 0.05) is 18.0 Å². The third-order valence-corrected chi connectivity index (χ3v) is 3.88. The third-order valence-electron chi connectivity index (χ3n) is 2.98. The molecule has 0 bridgehead atoms. The zero-order valence-corrected chi connectivity index (χ0v) is 13.4. The number of nitrogens with zero attached hydrogens (tertiary/aromatic N) is 1. The summed E-state index contributed by atoms with van der Waals surface area (Å²) < 4.78 is 5.87. The maximum atomic E-state index is 5.87. The van der Waals surface area contributed by atoms with Gasteiger partial charge in [-0.2, -0.15) is 0 Å². The van der Waals surface area contributed by atoms with Crippen LogP contribution >= 0.6 is 11.3 Å². The monoisotopic (exact) mass is 290 g/mol. The average Bonchev–Trinajstić information content (AvgIpc) is 2.85. The van der Waals surface area contributed by atoms with Crippen LogP contribution in [0.25, 0.3) is 0 Å². The lowest BCUT2D eigenvalue weighted by atomic mass is 10.1. The minimum Gasteiger partial charge on any atom is -0.487 e. The van der Waals surface area contributed by atoms with Crippen molar-refractivity contribution in [1.29, 1.82) is 0 Å². The molecule has 1 N–H and O–H groups in total. The van der Waals surface area contributed by atoms with Crippen LogP contribution < -0.4 is 10.1 Å². The molecule has 0 saturated carbocycles. The first-order valence-electron chi connectivity index (χ1n) is 6.91. The molecule has 0 amide bonds. The van der Waals surface area contributed by atoms with Crippen LogP contribution in [0, 0.1) is 13.8 Å². The Kier molecular flexibility index (Phi) is 5.15. The first kappa shape index (κ1) is 15.0. The van der Waals surface area contributed by atoms with Gasteiger partial charge in [-0.05, 0) is 31.0 Å². The Hall–Kier alpha value is -1.39. The molecule has 0 saturated heterocycles. The Morgan fingerprint density at radius 2 is 2.10 bits per heavy atom. The molecule has 108 valence electrons. The van der Waals surface area contributed by atoms with Gasteiger partial charge in [0.05, 0.1) is 5.69 Å². The third kappa shape index (κ3) is 4.32. The maximum Gasteiger partial charge on any atom is 0.131 e. The second-order valence-electron chi connectivity index (χ2n) is 5.33. The highest BCUT2D eigenvalue weighted by Crippen LogP contribution is 2.21. The van der Waals surface area contributed by atoms with Gasteiger partial charge in [0.2, 0.25) is 0 Å².